The molecule has 0 heterocycles. The third kappa shape index (κ3) is 7.19. The highest BCUT2D eigenvalue weighted by Crippen LogP contribution is 2.48. The minimum absolute atomic E-state index is 0.128. The van der Waals surface area contributed by atoms with Crippen LogP contribution in [0, 0.1) is 17.8 Å². The zero-order valence-electron chi connectivity index (χ0n) is 20.4. The van der Waals surface area contributed by atoms with E-state index in [1.165, 1.54) is 5.56 Å². The molecule has 7 heteroatoms. The molecule has 3 rings (SSSR count). The summed E-state index contributed by atoms with van der Waals surface area (Å²) >= 11 is 0. The van der Waals surface area contributed by atoms with Crippen molar-refractivity contribution in [1.82, 2.24) is 0 Å². The Morgan fingerprint density at radius 1 is 1.18 bits per heavy atom. The van der Waals surface area contributed by atoms with Crippen molar-refractivity contribution in [2.75, 3.05) is 6.61 Å². The summed E-state index contributed by atoms with van der Waals surface area (Å²) in [6.07, 6.45) is 5.93. The first-order chi connectivity index (χ1) is 16.3. The molecule has 0 bridgehead atoms. The molecule has 0 saturated heterocycles. The van der Waals surface area contributed by atoms with Crippen molar-refractivity contribution in [2.45, 2.75) is 96.4 Å². The highest BCUT2D eigenvalue weighted by Gasteiger charge is 2.44. The third-order valence-electron chi connectivity index (χ3n) is 7.58. The van der Waals surface area contributed by atoms with E-state index in [1.807, 2.05) is 26.0 Å². The van der Waals surface area contributed by atoms with Crippen LogP contribution in [0.4, 0.5) is 0 Å². The maximum absolute atomic E-state index is 12.3. The van der Waals surface area contributed by atoms with Crippen LogP contribution < -0.4 is 4.74 Å². The van der Waals surface area contributed by atoms with Crippen molar-refractivity contribution in [3.8, 4) is 5.75 Å². The van der Waals surface area contributed by atoms with Crippen molar-refractivity contribution in [3.05, 3.63) is 29.3 Å². The normalized spacial score (nSPS) is 25.2. The van der Waals surface area contributed by atoms with E-state index in [0.29, 0.717) is 36.8 Å². The highest BCUT2D eigenvalue weighted by molar-refractivity contribution is 5.71. The SMILES string of the molecule is CC[C@H](O)CC[C@@H]1[C@H]2Cc3cccc(OCC(=O)OC(C)CCCCC(=O)O)c3C[C@H]2C[C@H]1O. The Labute approximate surface area is 202 Å². The number of aliphatic carboxylic acids is 1. The van der Waals surface area contributed by atoms with Gasteiger partial charge in [0.2, 0.25) is 0 Å². The van der Waals surface area contributed by atoms with Gasteiger partial charge < -0.3 is 24.8 Å². The molecular weight excluding hydrogens is 436 g/mol. The number of carbonyl (C=O) groups excluding carboxylic acids is 1. The number of carbonyl (C=O) groups is 2. The van der Waals surface area contributed by atoms with Crippen molar-refractivity contribution in [2.24, 2.45) is 17.8 Å². The molecule has 7 nitrogen and oxygen atoms in total. The van der Waals surface area contributed by atoms with Gasteiger partial charge in [-0.1, -0.05) is 19.1 Å². The molecule has 1 unspecified atom stereocenters. The predicted molar refractivity (Wildman–Crippen MR) is 128 cm³/mol. The molecule has 2 aliphatic rings. The first-order valence-electron chi connectivity index (χ1n) is 12.8. The molecule has 1 aromatic rings. The second-order valence-electron chi connectivity index (χ2n) is 10.1. The average molecular weight is 477 g/mol. The van der Waals surface area contributed by atoms with Gasteiger partial charge in [-0.25, -0.2) is 4.79 Å². The number of fused-ring (bicyclic) bond motifs is 2. The smallest absolute Gasteiger partial charge is 0.344 e. The number of hydrogen-bond donors (Lipinski definition) is 3. The number of unbranched alkanes of at least 4 members (excludes halogenated alkanes) is 1. The summed E-state index contributed by atoms with van der Waals surface area (Å²) in [6.45, 7) is 3.63. The minimum atomic E-state index is -0.812. The second kappa shape index (κ2) is 12.5. The molecular formula is C27H40O7. The first kappa shape index (κ1) is 26.5. The quantitative estimate of drug-likeness (QED) is 0.292. The van der Waals surface area contributed by atoms with Gasteiger partial charge in [0.25, 0.3) is 0 Å². The second-order valence-corrected chi connectivity index (χ2v) is 10.1. The molecule has 1 aromatic carbocycles. The lowest BCUT2D eigenvalue weighted by Gasteiger charge is -2.32. The Kier molecular flexibility index (Phi) is 9.77. The summed E-state index contributed by atoms with van der Waals surface area (Å²) in [7, 11) is 0. The average Bonchev–Trinajstić information content (AvgIpc) is 3.11. The first-order valence-corrected chi connectivity index (χ1v) is 12.8. The van der Waals surface area contributed by atoms with Gasteiger partial charge in [0.1, 0.15) is 5.75 Å². The van der Waals surface area contributed by atoms with Gasteiger partial charge in [0.05, 0.1) is 18.3 Å². The van der Waals surface area contributed by atoms with E-state index < -0.39 is 11.9 Å². The fourth-order valence-corrected chi connectivity index (χ4v) is 5.69. The summed E-state index contributed by atoms with van der Waals surface area (Å²) in [4.78, 5) is 22.8. The van der Waals surface area contributed by atoms with Crippen LogP contribution in [-0.4, -0.2) is 52.2 Å². The number of carboxylic acid groups (broad SMARTS) is 1. The van der Waals surface area contributed by atoms with Crippen molar-refractivity contribution >= 4 is 11.9 Å². The summed E-state index contributed by atoms with van der Waals surface area (Å²) in [6, 6.07) is 5.95. The van der Waals surface area contributed by atoms with Crippen LogP contribution in [0.1, 0.15) is 76.3 Å². The van der Waals surface area contributed by atoms with Gasteiger partial charge in [-0.2, -0.15) is 0 Å². The molecule has 34 heavy (non-hydrogen) atoms. The molecule has 1 saturated carbocycles. The van der Waals surface area contributed by atoms with Crippen LogP contribution >= 0.6 is 0 Å². The van der Waals surface area contributed by atoms with Crippen LogP contribution in [0.2, 0.25) is 0 Å². The van der Waals surface area contributed by atoms with Crippen LogP contribution in [0.5, 0.6) is 5.75 Å². The van der Waals surface area contributed by atoms with E-state index >= 15 is 0 Å². The fourth-order valence-electron chi connectivity index (χ4n) is 5.69. The Morgan fingerprint density at radius 2 is 1.97 bits per heavy atom. The summed E-state index contributed by atoms with van der Waals surface area (Å²) < 4.78 is 11.3. The molecule has 0 aromatic heterocycles. The predicted octanol–water partition coefficient (Wildman–Crippen LogP) is 3.91. The van der Waals surface area contributed by atoms with Crippen molar-refractivity contribution in [1.29, 1.82) is 0 Å². The monoisotopic (exact) mass is 476 g/mol. The van der Waals surface area contributed by atoms with Gasteiger partial charge in [-0.05, 0) is 99.7 Å². The molecule has 0 aliphatic heterocycles. The summed E-state index contributed by atoms with van der Waals surface area (Å²) in [5.74, 6) is 0.483. The van der Waals surface area contributed by atoms with Gasteiger partial charge in [0, 0.05) is 6.42 Å². The van der Waals surface area contributed by atoms with E-state index in [9.17, 15) is 19.8 Å². The minimum Gasteiger partial charge on any atom is -0.482 e. The number of aliphatic hydroxyl groups excluding tert-OH is 2. The molecule has 0 amide bonds. The number of aliphatic hydroxyl groups is 2. The van der Waals surface area contributed by atoms with E-state index in [1.54, 1.807) is 0 Å². The van der Waals surface area contributed by atoms with Crippen LogP contribution in [0.15, 0.2) is 18.2 Å². The number of ether oxygens (including phenoxy) is 2. The van der Waals surface area contributed by atoms with Crippen LogP contribution in [-0.2, 0) is 27.2 Å². The topological polar surface area (TPSA) is 113 Å². The Morgan fingerprint density at radius 3 is 2.71 bits per heavy atom. The van der Waals surface area contributed by atoms with Crippen LogP contribution in [0.25, 0.3) is 0 Å². The Balaban J connectivity index is 1.52. The maximum atomic E-state index is 12.3. The molecule has 190 valence electrons. The largest absolute Gasteiger partial charge is 0.482 e. The van der Waals surface area contributed by atoms with Gasteiger partial charge in [0.15, 0.2) is 6.61 Å². The molecule has 2 aliphatic carbocycles. The standard InChI is InChI=1S/C27H40O7/c1-3-20(28)11-12-21-22-13-18-8-6-9-25(23(18)14-19(22)15-24(21)29)33-16-27(32)34-17(2)7-4-5-10-26(30)31/h6,8-9,17,19-22,24,28-29H,3-5,7,10-16H2,1-2H3,(H,30,31)/t17?,19-,20-,21+,22-,24+/m0/s1. The van der Waals surface area contributed by atoms with Crippen molar-refractivity contribution < 1.29 is 34.4 Å². The lowest BCUT2D eigenvalue weighted by atomic mass is 9.73. The van der Waals surface area contributed by atoms with E-state index in [2.05, 4.69) is 6.07 Å². The molecule has 1 fully saturated rings. The van der Waals surface area contributed by atoms with Gasteiger partial charge >= 0.3 is 11.9 Å². The molecule has 6 atom stereocenters. The Bertz CT molecular complexity index is 823. The number of esters is 1. The molecule has 0 radical (unpaired) electrons. The lowest BCUT2D eigenvalue weighted by Crippen LogP contribution is -2.28. The lowest BCUT2D eigenvalue weighted by molar-refractivity contribution is -0.151. The Hall–Kier alpha value is -2.12. The molecule has 0 spiro atoms. The maximum Gasteiger partial charge on any atom is 0.344 e. The van der Waals surface area contributed by atoms with Gasteiger partial charge in [-0.3, -0.25) is 4.79 Å². The number of carboxylic acids is 1. The van der Waals surface area contributed by atoms with E-state index in [-0.39, 0.29) is 37.3 Å². The highest BCUT2D eigenvalue weighted by atomic mass is 16.6. The number of hydrogen-bond acceptors (Lipinski definition) is 6. The number of benzene rings is 1. The van der Waals surface area contributed by atoms with Crippen molar-refractivity contribution in [3.63, 3.8) is 0 Å². The summed E-state index contributed by atoms with van der Waals surface area (Å²) in [5, 5.41) is 29.4. The zero-order valence-corrected chi connectivity index (χ0v) is 20.4. The fraction of sp³-hybridized carbons (Fsp3) is 0.704. The summed E-state index contributed by atoms with van der Waals surface area (Å²) in [5.41, 5.74) is 2.34. The number of rotatable bonds is 13. The third-order valence-corrected chi connectivity index (χ3v) is 7.58. The van der Waals surface area contributed by atoms with E-state index in [4.69, 9.17) is 14.6 Å². The zero-order chi connectivity index (χ0) is 24.7. The van der Waals surface area contributed by atoms with E-state index in [0.717, 1.165) is 44.1 Å². The van der Waals surface area contributed by atoms with Gasteiger partial charge in [-0.15, -0.1) is 0 Å². The van der Waals surface area contributed by atoms with Crippen LogP contribution in [0.3, 0.4) is 0 Å². The molecule has 3 N–H and O–H groups in total.